The van der Waals surface area contributed by atoms with Crippen molar-refractivity contribution in [2.75, 3.05) is 65.4 Å². The zero-order chi connectivity index (χ0) is 33.5. The molecule has 43 heavy (non-hydrogen) atoms. The largest absolute Gasteiger partial charge is 0.368 e. The molecular weight excluding hydrogens is 578 g/mol. The number of rotatable bonds is 19. The van der Waals surface area contributed by atoms with E-state index < -0.39 is 74.1 Å². The first-order valence-electron chi connectivity index (χ1n) is 12.6. The van der Waals surface area contributed by atoms with Crippen LogP contribution in [-0.2, 0) is 47.9 Å². The van der Waals surface area contributed by atoms with Crippen molar-refractivity contribution in [3.8, 4) is 0 Å². The second-order valence-electron chi connectivity index (χ2n) is 7.49. The zero-order valence-corrected chi connectivity index (χ0v) is 24.0. The van der Waals surface area contributed by atoms with Gasteiger partial charge >= 0.3 is 0 Å². The van der Waals surface area contributed by atoms with Gasteiger partial charge in [-0.2, -0.15) is 0 Å². The number of amides is 10. The summed E-state index contributed by atoms with van der Waals surface area (Å²) in [6, 6.07) is 0. The van der Waals surface area contributed by atoms with Crippen LogP contribution in [0.25, 0.3) is 0 Å². The molecule has 0 aromatic heterocycles. The van der Waals surface area contributed by atoms with Gasteiger partial charge in [0.05, 0.1) is 52.4 Å². The maximum absolute atomic E-state index is 11.6. The minimum atomic E-state index is -0.694. The molecule has 0 fully saturated rings. The maximum Gasteiger partial charge on any atom is 0.239 e. The Bertz CT molecular complexity index is 932. The molecule has 244 valence electrons. The van der Waals surface area contributed by atoms with Crippen LogP contribution in [0, 0.1) is 0 Å². The van der Waals surface area contributed by atoms with Gasteiger partial charge in [-0.15, -0.1) is 0 Å². The molecule has 0 aromatic rings. The Labute approximate surface area is 247 Å². The Hall–Kier alpha value is -5.34. The van der Waals surface area contributed by atoms with Crippen LogP contribution >= 0.6 is 0 Å². The van der Waals surface area contributed by atoms with Crippen LogP contribution in [0.2, 0.25) is 0 Å². The fourth-order valence-corrected chi connectivity index (χ4v) is 1.98. The highest BCUT2D eigenvalue weighted by molar-refractivity contribution is 5.92. The van der Waals surface area contributed by atoms with E-state index in [-0.39, 0.29) is 25.5 Å². The molecule has 13 N–H and O–H groups in total. The molecule has 0 aromatic carbocycles. The third kappa shape index (κ3) is 34.6. The molecule has 0 atom stereocenters. The summed E-state index contributed by atoms with van der Waals surface area (Å²) < 4.78 is 0. The van der Waals surface area contributed by atoms with Gasteiger partial charge in [0, 0.05) is 6.54 Å². The molecular formula is C22H41N11O10. The first kappa shape index (κ1) is 42.1. The molecule has 0 spiro atoms. The van der Waals surface area contributed by atoms with Crippen LogP contribution in [0.1, 0.15) is 13.8 Å². The van der Waals surface area contributed by atoms with Crippen molar-refractivity contribution in [1.29, 1.82) is 0 Å². The van der Waals surface area contributed by atoms with Crippen LogP contribution in [0.15, 0.2) is 0 Å². The van der Waals surface area contributed by atoms with Gasteiger partial charge in [0.1, 0.15) is 0 Å². The van der Waals surface area contributed by atoms with Crippen molar-refractivity contribution in [2.45, 2.75) is 13.8 Å². The summed E-state index contributed by atoms with van der Waals surface area (Å²) in [4.78, 5) is 109. The summed E-state index contributed by atoms with van der Waals surface area (Å²) >= 11 is 0. The van der Waals surface area contributed by atoms with Crippen molar-refractivity contribution in [1.82, 2.24) is 47.9 Å². The molecule has 0 radical (unpaired) electrons. The molecule has 0 bridgehead atoms. The Morgan fingerprint density at radius 2 is 0.698 bits per heavy atom. The lowest BCUT2D eigenvalue weighted by Gasteiger charge is -2.09. The first-order chi connectivity index (χ1) is 20.4. The van der Waals surface area contributed by atoms with Crippen molar-refractivity contribution < 1.29 is 47.9 Å². The summed E-state index contributed by atoms with van der Waals surface area (Å²) in [6.07, 6.45) is 0.744. The minimum Gasteiger partial charge on any atom is -0.368 e. The van der Waals surface area contributed by atoms with Crippen molar-refractivity contribution in [3.63, 3.8) is 0 Å². The fraction of sp³-hybridized carbons (Fsp3) is 0.545. The second-order valence-corrected chi connectivity index (χ2v) is 7.49. The van der Waals surface area contributed by atoms with Crippen molar-refractivity contribution >= 4 is 60.1 Å². The summed E-state index contributed by atoms with van der Waals surface area (Å²) in [5.74, 6) is -4.81. The van der Waals surface area contributed by atoms with Crippen LogP contribution in [0.5, 0.6) is 0 Å². The average molecular weight is 620 g/mol. The smallest absolute Gasteiger partial charge is 0.239 e. The van der Waals surface area contributed by atoms with Crippen molar-refractivity contribution in [2.24, 2.45) is 11.5 Å². The third-order valence-corrected chi connectivity index (χ3v) is 3.76. The van der Waals surface area contributed by atoms with E-state index in [1.165, 1.54) is 0 Å². The van der Waals surface area contributed by atoms with Crippen molar-refractivity contribution in [3.05, 3.63) is 0 Å². The predicted octanol–water partition coefficient (Wildman–Crippen LogP) is -8.25. The molecule has 0 saturated carbocycles. The van der Waals surface area contributed by atoms with E-state index in [0.717, 1.165) is 6.54 Å². The molecule has 0 saturated heterocycles. The number of primary amides is 1. The van der Waals surface area contributed by atoms with Crippen LogP contribution in [-0.4, -0.2) is 126 Å². The van der Waals surface area contributed by atoms with Gasteiger partial charge < -0.3 is 59.3 Å². The zero-order valence-electron chi connectivity index (χ0n) is 24.0. The van der Waals surface area contributed by atoms with Gasteiger partial charge in [0.2, 0.25) is 60.1 Å². The topological polar surface area (TPSA) is 331 Å². The molecule has 21 heteroatoms. The highest BCUT2D eigenvalue weighted by Gasteiger charge is 2.11. The van der Waals surface area contributed by atoms with Gasteiger partial charge in [-0.05, 0) is 13.5 Å². The molecule has 0 unspecified atom stereocenters. The van der Waals surface area contributed by atoms with E-state index in [2.05, 4.69) is 53.6 Å². The van der Waals surface area contributed by atoms with E-state index in [9.17, 15) is 47.9 Å². The van der Waals surface area contributed by atoms with Crippen LogP contribution in [0.4, 0.5) is 0 Å². The summed E-state index contributed by atoms with van der Waals surface area (Å²) in [6.45, 7) is 2.01. The molecule has 0 aliphatic heterocycles. The highest BCUT2D eigenvalue weighted by atomic mass is 16.2. The molecule has 0 aliphatic rings. The highest BCUT2D eigenvalue weighted by Crippen LogP contribution is 1.73. The van der Waals surface area contributed by atoms with E-state index in [0.29, 0.717) is 19.4 Å². The molecule has 21 nitrogen and oxygen atoms in total. The van der Waals surface area contributed by atoms with Gasteiger partial charge in [-0.1, -0.05) is 6.92 Å². The predicted molar refractivity (Wildman–Crippen MR) is 149 cm³/mol. The minimum absolute atomic E-state index is 0.0799. The number of nitrogens with one attached hydrogen (secondary N) is 9. The Kier molecular flexibility index (Phi) is 29.0. The summed E-state index contributed by atoms with van der Waals surface area (Å²) in [7, 11) is 0. The normalized spacial score (nSPS) is 8.91. The number of nitrogens with two attached hydrogens (primary N) is 2. The summed E-state index contributed by atoms with van der Waals surface area (Å²) in [5, 5.41) is 20.0. The van der Waals surface area contributed by atoms with Gasteiger partial charge in [-0.25, -0.2) is 0 Å². The Morgan fingerprint density at radius 3 is 0.907 bits per heavy atom. The quantitative estimate of drug-likeness (QED) is 0.0603. The van der Waals surface area contributed by atoms with Gasteiger partial charge in [-0.3, -0.25) is 47.9 Å². The lowest BCUT2D eigenvalue weighted by molar-refractivity contribution is -0.129. The number of carbonyl (C=O) groups is 10. The fourth-order valence-electron chi connectivity index (χ4n) is 1.98. The lowest BCUT2D eigenvalue weighted by atomic mass is 10.4. The third-order valence-electron chi connectivity index (χ3n) is 3.76. The average Bonchev–Trinajstić information content (AvgIpc) is 2.97. The molecule has 0 heterocycles. The summed E-state index contributed by atoms with van der Waals surface area (Å²) in [5.41, 5.74) is 9.47. The van der Waals surface area contributed by atoms with Gasteiger partial charge in [0.15, 0.2) is 0 Å². The van der Waals surface area contributed by atoms with E-state index in [1.54, 1.807) is 6.92 Å². The van der Waals surface area contributed by atoms with Crippen LogP contribution < -0.4 is 59.3 Å². The second kappa shape index (κ2) is 29.6. The number of likely N-dealkylation sites (N-methyl/N-ethyl adjacent to an activating group) is 1. The van der Waals surface area contributed by atoms with E-state index in [4.69, 9.17) is 5.73 Å². The van der Waals surface area contributed by atoms with Gasteiger partial charge in [0.25, 0.3) is 0 Å². The number of hydrogen-bond donors (Lipinski definition) is 11. The number of carbonyl (C=O) groups excluding carboxylic acids is 10. The number of hydrogen-bond acceptors (Lipinski definition) is 11. The van der Waals surface area contributed by atoms with Crippen LogP contribution in [0.3, 0.4) is 0 Å². The lowest BCUT2D eigenvalue weighted by Crippen LogP contribution is -2.47. The molecule has 0 aliphatic carbocycles. The maximum atomic E-state index is 11.6. The molecule has 0 rings (SSSR count). The molecule has 10 amide bonds. The Balaban J connectivity index is -0.00000137. The monoisotopic (exact) mass is 619 g/mol. The standard InChI is InChI=1S/C17H28N8O8.C3H6N2O2.C2H7N/c1-2-19-12(28)4-21-14(30)6-23-16(32)8-25-17(33)9-24-15(31)7-22-13(29)5-20-11(27)3-18-10-26;4-3(7)1-5-2-6;1-2-3/h10H,2-9H2,1H3,(H,18,26)(H,19,28)(H,20,27)(H,21,30)(H,22,29)(H,23,32)(H,24,31)(H,25,33);2H,1H2,(H2,4,7)(H,5,6);2-3H2,1H3. The van der Waals surface area contributed by atoms with E-state index in [1.807, 2.05) is 6.92 Å². The Morgan fingerprint density at radius 1 is 0.465 bits per heavy atom. The van der Waals surface area contributed by atoms with E-state index >= 15 is 0 Å². The first-order valence-corrected chi connectivity index (χ1v) is 12.6. The SMILES string of the molecule is CCN.CCNC(=O)CNC(=O)CNC(=O)CNC(=O)CNC(=O)CNC(=O)CNC(=O)CNC=O.NC(=O)CNC=O.